The Morgan fingerprint density at radius 2 is 2.23 bits per heavy atom. The van der Waals surface area contributed by atoms with Gasteiger partial charge in [-0.15, -0.1) is 11.8 Å². The predicted octanol–water partition coefficient (Wildman–Crippen LogP) is 2.36. The van der Waals surface area contributed by atoms with Gasteiger partial charge in [0, 0.05) is 14.2 Å². The quantitative estimate of drug-likeness (QED) is 0.673. The van der Waals surface area contributed by atoms with Gasteiger partial charge in [-0.1, -0.05) is 0 Å². The average molecular weight is 307 g/mol. The van der Waals surface area contributed by atoms with Crippen LogP contribution in [0.3, 0.4) is 0 Å². The molecule has 0 saturated carbocycles. The number of hydrogen-bond acceptors (Lipinski definition) is 3. The number of ether oxygens (including phenoxy) is 1. The molecule has 0 unspecified atom stereocenters. The molecule has 1 heterocycles. The van der Waals surface area contributed by atoms with Gasteiger partial charge in [0.15, 0.2) is 0 Å². The first-order valence-corrected chi connectivity index (χ1v) is 6.01. The number of benzene rings is 1. The van der Waals surface area contributed by atoms with Crippen LogP contribution in [0.4, 0.5) is 5.69 Å². The minimum absolute atomic E-state index is 0.599. The van der Waals surface area contributed by atoms with Crippen LogP contribution < -0.4 is 5.73 Å². The molecule has 0 atom stereocenters. The van der Waals surface area contributed by atoms with Crippen LogP contribution in [0.15, 0.2) is 23.1 Å². The fourth-order valence-electron chi connectivity index (χ4n) is 1.09. The maximum atomic E-state index is 5.88. The van der Waals surface area contributed by atoms with E-state index >= 15 is 0 Å². The highest BCUT2D eigenvalue weighted by molar-refractivity contribution is 14.1. The molecule has 1 aliphatic rings. The zero-order chi connectivity index (χ0) is 9.26. The van der Waals surface area contributed by atoms with Crippen molar-refractivity contribution in [3.05, 3.63) is 21.8 Å². The van der Waals surface area contributed by atoms with Crippen molar-refractivity contribution in [1.82, 2.24) is 0 Å². The number of anilines is 1. The molecule has 0 aliphatic carbocycles. The van der Waals surface area contributed by atoms with Gasteiger partial charge >= 0.3 is 0 Å². The maximum Gasteiger partial charge on any atom is 0.0611 e. The fourth-order valence-corrected chi connectivity index (χ4v) is 2.63. The first-order valence-electron chi connectivity index (χ1n) is 4.05. The van der Waals surface area contributed by atoms with Crippen molar-refractivity contribution in [2.24, 2.45) is 0 Å². The molecule has 1 aromatic carbocycles. The summed E-state index contributed by atoms with van der Waals surface area (Å²) in [6.07, 6.45) is 0. The second-order valence-corrected chi connectivity index (χ2v) is 5.55. The summed E-state index contributed by atoms with van der Waals surface area (Å²) in [5.74, 6) is 0. The minimum Gasteiger partial charge on any atom is -0.398 e. The van der Waals surface area contributed by atoms with Gasteiger partial charge in [-0.05, 0) is 40.8 Å². The number of thioether (sulfide) groups is 1. The van der Waals surface area contributed by atoms with E-state index in [1.165, 1.54) is 8.47 Å². The SMILES string of the molecule is Nc1cc(I)ccc1SC1COC1. The van der Waals surface area contributed by atoms with Crippen molar-refractivity contribution in [2.45, 2.75) is 10.1 Å². The molecule has 0 amide bonds. The largest absolute Gasteiger partial charge is 0.398 e. The first-order chi connectivity index (χ1) is 6.25. The lowest BCUT2D eigenvalue weighted by Crippen LogP contribution is -2.30. The van der Waals surface area contributed by atoms with Crippen LogP contribution in [0.5, 0.6) is 0 Å². The standard InChI is InChI=1S/C9H10INOS/c10-6-1-2-9(8(11)3-6)13-7-4-12-5-7/h1-3,7H,4-5,11H2. The van der Waals surface area contributed by atoms with Gasteiger partial charge in [0.05, 0.1) is 18.5 Å². The Hall–Kier alpha value is 0.0600. The Morgan fingerprint density at radius 3 is 2.77 bits per heavy atom. The molecule has 4 heteroatoms. The zero-order valence-electron chi connectivity index (χ0n) is 7.00. The van der Waals surface area contributed by atoms with Gasteiger partial charge in [0.2, 0.25) is 0 Å². The molecule has 1 saturated heterocycles. The van der Waals surface area contributed by atoms with Crippen molar-refractivity contribution in [1.29, 1.82) is 0 Å². The van der Waals surface area contributed by atoms with E-state index in [0.29, 0.717) is 5.25 Å². The molecule has 70 valence electrons. The van der Waals surface area contributed by atoms with Gasteiger partial charge in [-0.2, -0.15) is 0 Å². The summed E-state index contributed by atoms with van der Waals surface area (Å²) in [4.78, 5) is 1.17. The molecule has 0 spiro atoms. The lowest BCUT2D eigenvalue weighted by molar-refractivity contribution is 0.0455. The van der Waals surface area contributed by atoms with Crippen molar-refractivity contribution >= 4 is 40.0 Å². The van der Waals surface area contributed by atoms with Gasteiger partial charge in [0.25, 0.3) is 0 Å². The van der Waals surface area contributed by atoms with E-state index in [-0.39, 0.29) is 0 Å². The third-order valence-corrected chi connectivity index (χ3v) is 3.78. The van der Waals surface area contributed by atoms with Crippen molar-refractivity contribution < 1.29 is 4.74 Å². The zero-order valence-corrected chi connectivity index (χ0v) is 9.97. The van der Waals surface area contributed by atoms with Crippen molar-refractivity contribution in [2.75, 3.05) is 18.9 Å². The normalized spacial score (nSPS) is 17.0. The molecule has 13 heavy (non-hydrogen) atoms. The van der Waals surface area contributed by atoms with Crippen LogP contribution in [0.1, 0.15) is 0 Å². The predicted molar refractivity (Wildman–Crippen MR) is 64.0 cm³/mol. The van der Waals surface area contributed by atoms with Crippen LogP contribution in [0.2, 0.25) is 0 Å². The lowest BCUT2D eigenvalue weighted by Gasteiger charge is -2.25. The molecule has 0 bridgehead atoms. The highest BCUT2D eigenvalue weighted by Crippen LogP contribution is 2.32. The third kappa shape index (κ3) is 2.30. The second-order valence-electron chi connectivity index (χ2n) is 2.96. The molecule has 1 aliphatic heterocycles. The molecule has 0 radical (unpaired) electrons. The Kier molecular flexibility index (Phi) is 3.00. The van der Waals surface area contributed by atoms with Crippen LogP contribution in [0.25, 0.3) is 0 Å². The van der Waals surface area contributed by atoms with E-state index in [9.17, 15) is 0 Å². The summed E-state index contributed by atoms with van der Waals surface area (Å²) in [5, 5.41) is 0.599. The van der Waals surface area contributed by atoms with Crippen molar-refractivity contribution in [3.8, 4) is 0 Å². The van der Waals surface area contributed by atoms with E-state index in [1.807, 2.05) is 17.8 Å². The first kappa shape index (κ1) is 9.61. The Morgan fingerprint density at radius 1 is 1.46 bits per heavy atom. The van der Waals surface area contributed by atoms with Gasteiger partial charge < -0.3 is 10.5 Å². The number of hydrogen-bond donors (Lipinski definition) is 1. The lowest BCUT2D eigenvalue weighted by atomic mass is 10.3. The van der Waals surface area contributed by atoms with E-state index in [2.05, 4.69) is 34.7 Å². The van der Waals surface area contributed by atoms with Gasteiger partial charge in [-0.3, -0.25) is 0 Å². The molecule has 2 rings (SSSR count). The molecule has 1 aromatic rings. The molecular formula is C9H10INOS. The average Bonchev–Trinajstić information content (AvgIpc) is 1.99. The van der Waals surface area contributed by atoms with E-state index in [0.717, 1.165) is 18.9 Å². The molecule has 0 aromatic heterocycles. The Balaban J connectivity index is 2.10. The minimum atomic E-state index is 0.599. The smallest absolute Gasteiger partial charge is 0.0611 e. The second kappa shape index (κ2) is 4.06. The molecule has 1 fully saturated rings. The van der Waals surface area contributed by atoms with E-state index in [4.69, 9.17) is 10.5 Å². The summed E-state index contributed by atoms with van der Waals surface area (Å²) >= 11 is 4.08. The number of halogens is 1. The highest BCUT2D eigenvalue weighted by Gasteiger charge is 2.20. The van der Waals surface area contributed by atoms with E-state index < -0.39 is 0 Å². The molecule has 2 nitrogen and oxygen atoms in total. The van der Waals surface area contributed by atoms with Crippen LogP contribution in [-0.4, -0.2) is 18.5 Å². The van der Waals surface area contributed by atoms with E-state index in [1.54, 1.807) is 0 Å². The summed E-state index contributed by atoms with van der Waals surface area (Å²) in [5.41, 5.74) is 6.76. The summed E-state index contributed by atoms with van der Waals surface area (Å²) in [7, 11) is 0. The Bertz CT molecular complexity index is 314. The Labute approximate surface area is 95.4 Å². The number of nitrogen functional groups attached to an aromatic ring is 1. The van der Waals surface area contributed by atoms with Crippen LogP contribution >= 0.6 is 34.4 Å². The van der Waals surface area contributed by atoms with Gasteiger partial charge in [0.1, 0.15) is 0 Å². The number of nitrogens with two attached hydrogens (primary N) is 1. The van der Waals surface area contributed by atoms with Crippen LogP contribution in [0, 0.1) is 3.57 Å². The summed E-state index contributed by atoms with van der Waals surface area (Å²) in [6, 6.07) is 6.17. The summed E-state index contributed by atoms with van der Waals surface area (Å²) < 4.78 is 6.29. The monoisotopic (exact) mass is 307 g/mol. The highest BCUT2D eigenvalue weighted by atomic mass is 127. The van der Waals surface area contributed by atoms with Gasteiger partial charge in [-0.25, -0.2) is 0 Å². The third-order valence-electron chi connectivity index (χ3n) is 1.87. The summed E-state index contributed by atoms with van der Waals surface area (Å²) in [6.45, 7) is 1.71. The fraction of sp³-hybridized carbons (Fsp3) is 0.333. The van der Waals surface area contributed by atoms with Crippen molar-refractivity contribution in [3.63, 3.8) is 0 Å². The number of rotatable bonds is 2. The topological polar surface area (TPSA) is 35.2 Å². The molecule has 2 N–H and O–H groups in total. The maximum absolute atomic E-state index is 5.88. The van der Waals surface area contributed by atoms with Crippen LogP contribution in [-0.2, 0) is 4.74 Å². The molecular weight excluding hydrogens is 297 g/mol.